The Kier molecular flexibility index (Phi) is 4.53. The number of nitrogens with one attached hydrogen (secondary N) is 1. The standard InChI is InChI=1S/C17H23N5/c1-14(12-22-11-10-18-13-22)19-9-5-8-17-20-15-6-3-4-7-16(15)21(17)2/h3-4,6-7,10-11,13-14,19H,5,8-9,12H2,1-2H3. The molecule has 1 N–H and O–H groups in total. The first kappa shape index (κ1) is 14.8. The summed E-state index contributed by atoms with van der Waals surface area (Å²) in [6, 6.07) is 8.74. The number of hydrogen-bond donors (Lipinski definition) is 1. The number of rotatable bonds is 7. The van der Waals surface area contributed by atoms with Crippen LogP contribution < -0.4 is 5.32 Å². The van der Waals surface area contributed by atoms with Gasteiger partial charge >= 0.3 is 0 Å². The van der Waals surface area contributed by atoms with Crippen molar-refractivity contribution in [2.24, 2.45) is 7.05 Å². The molecule has 0 aliphatic heterocycles. The Morgan fingerprint density at radius 3 is 2.91 bits per heavy atom. The van der Waals surface area contributed by atoms with Crippen molar-refractivity contribution in [1.82, 2.24) is 24.4 Å². The summed E-state index contributed by atoms with van der Waals surface area (Å²) in [6.45, 7) is 4.15. The van der Waals surface area contributed by atoms with Gasteiger partial charge in [-0.3, -0.25) is 0 Å². The van der Waals surface area contributed by atoms with Crippen LogP contribution in [0.25, 0.3) is 11.0 Å². The summed E-state index contributed by atoms with van der Waals surface area (Å²) < 4.78 is 4.30. The molecule has 2 aromatic heterocycles. The van der Waals surface area contributed by atoms with E-state index in [1.807, 2.05) is 24.8 Å². The average Bonchev–Trinajstić information content (AvgIpc) is 3.13. The van der Waals surface area contributed by atoms with E-state index in [1.54, 1.807) is 0 Å². The van der Waals surface area contributed by atoms with Crippen LogP contribution in [0.3, 0.4) is 0 Å². The second-order valence-corrected chi connectivity index (χ2v) is 5.79. The van der Waals surface area contributed by atoms with E-state index in [1.165, 1.54) is 5.52 Å². The second-order valence-electron chi connectivity index (χ2n) is 5.79. The third-order valence-corrected chi connectivity index (χ3v) is 3.99. The van der Waals surface area contributed by atoms with E-state index in [0.717, 1.165) is 37.3 Å². The Morgan fingerprint density at radius 1 is 1.27 bits per heavy atom. The van der Waals surface area contributed by atoms with Gasteiger partial charge in [-0.1, -0.05) is 12.1 Å². The molecule has 5 heteroatoms. The van der Waals surface area contributed by atoms with Crippen LogP contribution in [-0.4, -0.2) is 31.7 Å². The molecule has 5 nitrogen and oxygen atoms in total. The van der Waals surface area contributed by atoms with Crippen LogP contribution in [0.2, 0.25) is 0 Å². The van der Waals surface area contributed by atoms with Crippen molar-refractivity contribution >= 4 is 11.0 Å². The molecule has 0 aliphatic rings. The minimum atomic E-state index is 0.439. The lowest BCUT2D eigenvalue weighted by atomic mass is 10.2. The molecule has 1 atom stereocenters. The van der Waals surface area contributed by atoms with Gasteiger partial charge in [-0.05, 0) is 32.0 Å². The molecule has 0 spiro atoms. The van der Waals surface area contributed by atoms with E-state index in [0.29, 0.717) is 6.04 Å². The van der Waals surface area contributed by atoms with Crippen molar-refractivity contribution in [2.75, 3.05) is 6.54 Å². The van der Waals surface area contributed by atoms with E-state index in [2.05, 4.69) is 51.6 Å². The van der Waals surface area contributed by atoms with Gasteiger partial charge in [-0.2, -0.15) is 0 Å². The van der Waals surface area contributed by atoms with Crippen molar-refractivity contribution in [3.63, 3.8) is 0 Å². The van der Waals surface area contributed by atoms with Crippen LogP contribution in [0.4, 0.5) is 0 Å². The first-order valence-corrected chi connectivity index (χ1v) is 7.83. The second kappa shape index (κ2) is 6.75. The van der Waals surface area contributed by atoms with Gasteiger partial charge in [-0.25, -0.2) is 9.97 Å². The Labute approximate surface area is 131 Å². The fraction of sp³-hybridized carbons (Fsp3) is 0.412. The zero-order valence-corrected chi connectivity index (χ0v) is 13.2. The summed E-state index contributed by atoms with van der Waals surface area (Å²) >= 11 is 0. The Hall–Kier alpha value is -2.14. The van der Waals surface area contributed by atoms with Crippen LogP contribution in [0, 0.1) is 0 Å². The molecule has 0 aliphatic carbocycles. The lowest BCUT2D eigenvalue weighted by Crippen LogP contribution is -2.31. The number of hydrogen-bond acceptors (Lipinski definition) is 3. The lowest BCUT2D eigenvalue weighted by molar-refractivity contribution is 0.470. The normalized spacial score (nSPS) is 12.8. The Bertz CT molecular complexity index is 714. The van der Waals surface area contributed by atoms with Gasteiger partial charge in [0.15, 0.2) is 0 Å². The molecule has 116 valence electrons. The molecule has 0 radical (unpaired) electrons. The molecule has 2 heterocycles. The van der Waals surface area contributed by atoms with Gasteiger partial charge in [0.05, 0.1) is 17.4 Å². The summed E-state index contributed by atoms with van der Waals surface area (Å²) in [4.78, 5) is 8.78. The highest BCUT2D eigenvalue weighted by atomic mass is 15.1. The predicted octanol–water partition coefficient (Wildman–Crippen LogP) is 2.38. The number of nitrogens with zero attached hydrogens (tertiary/aromatic N) is 4. The molecule has 0 bridgehead atoms. The van der Waals surface area contributed by atoms with Crippen molar-refractivity contribution in [3.05, 3.63) is 48.8 Å². The highest BCUT2D eigenvalue weighted by Gasteiger charge is 2.07. The summed E-state index contributed by atoms with van der Waals surface area (Å²) in [5.74, 6) is 1.16. The van der Waals surface area contributed by atoms with Crippen LogP contribution >= 0.6 is 0 Å². The summed E-state index contributed by atoms with van der Waals surface area (Å²) in [5.41, 5.74) is 2.29. The molecule has 22 heavy (non-hydrogen) atoms. The molecule has 1 unspecified atom stereocenters. The summed E-state index contributed by atoms with van der Waals surface area (Å²) in [6.07, 6.45) is 7.76. The summed E-state index contributed by atoms with van der Waals surface area (Å²) in [7, 11) is 2.10. The number of fused-ring (bicyclic) bond motifs is 1. The van der Waals surface area contributed by atoms with Crippen LogP contribution in [0.1, 0.15) is 19.2 Å². The lowest BCUT2D eigenvalue weighted by Gasteiger charge is -2.14. The van der Waals surface area contributed by atoms with E-state index in [4.69, 9.17) is 4.98 Å². The minimum absolute atomic E-state index is 0.439. The van der Waals surface area contributed by atoms with Gasteiger partial charge in [0.1, 0.15) is 5.82 Å². The molecule has 1 aromatic carbocycles. The van der Waals surface area contributed by atoms with Crippen molar-refractivity contribution in [3.8, 4) is 0 Å². The molecule has 3 aromatic rings. The quantitative estimate of drug-likeness (QED) is 0.681. The van der Waals surface area contributed by atoms with Crippen LogP contribution in [0.5, 0.6) is 0 Å². The zero-order chi connectivity index (χ0) is 15.4. The predicted molar refractivity (Wildman–Crippen MR) is 88.7 cm³/mol. The summed E-state index contributed by atoms with van der Waals surface area (Å²) in [5, 5.41) is 3.56. The molecule has 0 saturated carbocycles. The highest BCUT2D eigenvalue weighted by Crippen LogP contribution is 2.15. The average molecular weight is 297 g/mol. The van der Waals surface area contributed by atoms with E-state index >= 15 is 0 Å². The van der Waals surface area contributed by atoms with E-state index in [9.17, 15) is 0 Å². The van der Waals surface area contributed by atoms with Gasteiger partial charge in [0.2, 0.25) is 0 Å². The first-order valence-electron chi connectivity index (χ1n) is 7.83. The Morgan fingerprint density at radius 2 is 2.14 bits per heavy atom. The van der Waals surface area contributed by atoms with Crippen molar-refractivity contribution < 1.29 is 0 Å². The molecule has 0 saturated heterocycles. The molecular formula is C17H23N5. The van der Waals surface area contributed by atoms with Gasteiger partial charge < -0.3 is 14.5 Å². The fourth-order valence-corrected chi connectivity index (χ4v) is 2.79. The highest BCUT2D eigenvalue weighted by molar-refractivity contribution is 5.75. The molecule has 0 fully saturated rings. The largest absolute Gasteiger partial charge is 0.336 e. The minimum Gasteiger partial charge on any atom is -0.336 e. The number of benzene rings is 1. The third kappa shape index (κ3) is 3.36. The zero-order valence-electron chi connectivity index (χ0n) is 13.2. The van der Waals surface area contributed by atoms with Gasteiger partial charge in [-0.15, -0.1) is 0 Å². The number of aryl methyl sites for hydroxylation is 2. The number of imidazole rings is 2. The molecule has 3 rings (SSSR count). The Balaban J connectivity index is 1.47. The number of para-hydroxylation sites is 2. The van der Waals surface area contributed by atoms with Crippen molar-refractivity contribution in [2.45, 2.75) is 32.4 Å². The fourth-order valence-electron chi connectivity index (χ4n) is 2.79. The maximum atomic E-state index is 4.71. The smallest absolute Gasteiger partial charge is 0.109 e. The van der Waals surface area contributed by atoms with Crippen LogP contribution in [-0.2, 0) is 20.0 Å². The maximum Gasteiger partial charge on any atom is 0.109 e. The molecule has 0 amide bonds. The monoisotopic (exact) mass is 297 g/mol. The SMILES string of the molecule is CC(Cn1ccnc1)NCCCc1nc2ccccc2n1C. The topological polar surface area (TPSA) is 47.7 Å². The maximum absolute atomic E-state index is 4.71. The molecular weight excluding hydrogens is 274 g/mol. The third-order valence-electron chi connectivity index (χ3n) is 3.99. The van der Waals surface area contributed by atoms with Crippen molar-refractivity contribution in [1.29, 1.82) is 0 Å². The van der Waals surface area contributed by atoms with Gasteiger partial charge in [0, 0.05) is 38.4 Å². The van der Waals surface area contributed by atoms with E-state index < -0.39 is 0 Å². The first-order chi connectivity index (χ1) is 10.7. The van der Waals surface area contributed by atoms with E-state index in [-0.39, 0.29) is 0 Å². The van der Waals surface area contributed by atoms with Gasteiger partial charge in [0.25, 0.3) is 0 Å². The van der Waals surface area contributed by atoms with Crippen LogP contribution in [0.15, 0.2) is 43.0 Å². The number of aromatic nitrogens is 4.